The van der Waals surface area contributed by atoms with Gasteiger partial charge in [0.1, 0.15) is 0 Å². The van der Waals surface area contributed by atoms with Crippen LogP contribution in [0.25, 0.3) is 10.8 Å². The summed E-state index contributed by atoms with van der Waals surface area (Å²) in [5, 5.41) is 8.77. The van der Waals surface area contributed by atoms with Gasteiger partial charge < -0.3 is 14.7 Å². The highest BCUT2D eigenvalue weighted by atomic mass is 16.5. The minimum absolute atomic E-state index is 0.000813. The maximum Gasteiger partial charge on any atom is 0.241 e. The average Bonchev–Trinajstić information content (AvgIpc) is 3.19. The van der Waals surface area contributed by atoms with Crippen molar-refractivity contribution in [2.24, 2.45) is 0 Å². The lowest BCUT2D eigenvalue weighted by Gasteiger charge is -2.31. The average molecular weight is 392 g/mol. The summed E-state index contributed by atoms with van der Waals surface area (Å²) < 4.78 is 5.26. The quantitative estimate of drug-likeness (QED) is 0.721. The Bertz CT molecular complexity index is 1020. The molecule has 150 valence electrons. The molecule has 2 amide bonds. The van der Waals surface area contributed by atoms with E-state index in [1.165, 1.54) is 0 Å². The Labute approximate surface area is 169 Å². The second-order valence-corrected chi connectivity index (χ2v) is 7.45. The Kier molecular flexibility index (Phi) is 5.55. The molecule has 4 rings (SSSR count). The van der Waals surface area contributed by atoms with Crippen LogP contribution in [-0.2, 0) is 16.0 Å². The molecule has 7 nitrogen and oxygen atoms in total. The van der Waals surface area contributed by atoms with E-state index in [1.807, 2.05) is 42.5 Å². The number of nitrogens with zero attached hydrogens (tertiary/aromatic N) is 3. The van der Waals surface area contributed by atoms with Gasteiger partial charge in [0, 0.05) is 13.1 Å². The van der Waals surface area contributed by atoms with Gasteiger partial charge in [-0.1, -0.05) is 47.6 Å². The van der Waals surface area contributed by atoms with Crippen LogP contribution in [-0.4, -0.2) is 46.5 Å². The molecule has 0 bridgehead atoms. The molecule has 3 aromatic rings. The molecule has 1 N–H and O–H groups in total. The highest BCUT2D eigenvalue weighted by Gasteiger charge is 2.28. The molecular formula is C22H24N4O3. The number of aryl methyl sites for hydroxylation is 1. The number of likely N-dealkylation sites (tertiary alicyclic amines) is 1. The molecule has 1 aromatic heterocycles. The summed E-state index contributed by atoms with van der Waals surface area (Å²) in [4.78, 5) is 31.1. The van der Waals surface area contributed by atoms with Gasteiger partial charge in [0.25, 0.3) is 0 Å². The van der Waals surface area contributed by atoms with Crippen molar-refractivity contribution in [2.75, 3.05) is 19.6 Å². The summed E-state index contributed by atoms with van der Waals surface area (Å²) in [7, 11) is 0. The fourth-order valence-electron chi connectivity index (χ4n) is 3.85. The fraction of sp³-hybridized carbons (Fsp3) is 0.364. The molecule has 2 heterocycles. The molecule has 1 atom stereocenters. The van der Waals surface area contributed by atoms with Gasteiger partial charge in [-0.3, -0.25) is 9.59 Å². The molecule has 2 aromatic carbocycles. The minimum atomic E-state index is -0.157. The van der Waals surface area contributed by atoms with Crippen molar-refractivity contribution in [2.45, 2.75) is 32.1 Å². The number of carbonyl (C=O) groups excluding carboxylic acids is 2. The first-order valence-electron chi connectivity index (χ1n) is 9.91. The molecule has 1 fully saturated rings. The number of hydrogen-bond acceptors (Lipinski definition) is 5. The Hall–Kier alpha value is -3.22. The topological polar surface area (TPSA) is 88.3 Å². The van der Waals surface area contributed by atoms with Crippen LogP contribution in [0.1, 0.15) is 36.0 Å². The van der Waals surface area contributed by atoms with Gasteiger partial charge >= 0.3 is 0 Å². The van der Waals surface area contributed by atoms with Crippen molar-refractivity contribution in [3.63, 3.8) is 0 Å². The largest absolute Gasteiger partial charge is 0.347 e. The van der Waals surface area contributed by atoms with E-state index >= 15 is 0 Å². The lowest BCUT2D eigenvalue weighted by molar-refractivity contribution is -0.133. The predicted octanol–water partition coefficient (Wildman–Crippen LogP) is 2.60. The number of rotatable bonds is 5. The van der Waals surface area contributed by atoms with Crippen molar-refractivity contribution >= 4 is 22.6 Å². The molecule has 0 aliphatic carbocycles. The van der Waals surface area contributed by atoms with Crippen molar-refractivity contribution in [3.05, 3.63) is 59.7 Å². The Balaban J connectivity index is 1.32. The van der Waals surface area contributed by atoms with Crippen molar-refractivity contribution in [1.82, 2.24) is 20.4 Å². The van der Waals surface area contributed by atoms with Crippen LogP contribution in [0, 0.1) is 6.92 Å². The maximum atomic E-state index is 12.6. The van der Waals surface area contributed by atoms with E-state index in [-0.39, 0.29) is 30.7 Å². The molecule has 1 aliphatic heterocycles. The number of nitrogens with one attached hydrogen (secondary N) is 1. The molecule has 1 aliphatic rings. The summed E-state index contributed by atoms with van der Waals surface area (Å²) in [5.41, 5.74) is 0.956. The number of benzene rings is 2. The SMILES string of the molecule is Cc1noc(C2CCCN(C(=O)CNC(=O)Cc3cccc4ccccc34)C2)n1. The van der Waals surface area contributed by atoms with Gasteiger partial charge in [0.15, 0.2) is 5.82 Å². The number of amides is 2. The van der Waals surface area contributed by atoms with Gasteiger partial charge in [0.05, 0.1) is 18.9 Å². The van der Waals surface area contributed by atoms with E-state index in [4.69, 9.17) is 4.52 Å². The van der Waals surface area contributed by atoms with E-state index in [0.717, 1.165) is 29.2 Å². The van der Waals surface area contributed by atoms with Crippen molar-refractivity contribution < 1.29 is 14.1 Å². The third-order valence-electron chi connectivity index (χ3n) is 5.33. The highest BCUT2D eigenvalue weighted by molar-refractivity contribution is 5.91. The van der Waals surface area contributed by atoms with Crippen LogP contribution in [0.4, 0.5) is 0 Å². The second-order valence-electron chi connectivity index (χ2n) is 7.45. The van der Waals surface area contributed by atoms with Gasteiger partial charge in [-0.2, -0.15) is 4.98 Å². The number of fused-ring (bicyclic) bond motifs is 1. The van der Waals surface area contributed by atoms with Gasteiger partial charge in [-0.15, -0.1) is 0 Å². The minimum Gasteiger partial charge on any atom is -0.347 e. The van der Waals surface area contributed by atoms with Crippen LogP contribution in [0.5, 0.6) is 0 Å². The molecular weight excluding hydrogens is 368 g/mol. The zero-order valence-corrected chi connectivity index (χ0v) is 16.4. The lowest BCUT2D eigenvalue weighted by Crippen LogP contribution is -2.44. The van der Waals surface area contributed by atoms with Gasteiger partial charge in [0.2, 0.25) is 17.7 Å². The molecule has 0 saturated carbocycles. The van der Waals surface area contributed by atoms with Crippen LogP contribution in [0.15, 0.2) is 47.0 Å². The number of piperidine rings is 1. The smallest absolute Gasteiger partial charge is 0.241 e. The zero-order valence-electron chi connectivity index (χ0n) is 16.4. The second kappa shape index (κ2) is 8.43. The van der Waals surface area contributed by atoms with Crippen LogP contribution in [0.2, 0.25) is 0 Å². The molecule has 1 unspecified atom stereocenters. The molecule has 1 saturated heterocycles. The van der Waals surface area contributed by atoms with Crippen LogP contribution in [0.3, 0.4) is 0 Å². The van der Waals surface area contributed by atoms with Crippen LogP contribution >= 0.6 is 0 Å². The predicted molar refractivity (Wildman–Crippen MR) is 108 cm³/mol. The first-order valence-corrected chi connectivity index (χ1v) is 9.91. The third-order valence-corrected chi connectivity index (χ3v) is 5.33. The fourth-order valence-corrected chi connectivity index (χ4v) is 3.85. The summed E-state index contributed by atoms with van der Waals surface area (Å²) in [6, 6.07) is 13.9. The Morgan fingerprint density at radius 2 is 2.03 bits per heavy atom. The summed E-state index contributed by atoms with van der Waals surface area (Å²) in [6.07, 6.45) is 2.04. The van der Waals surface area contributed by atoms with E-state index < -0.39 is 0 Å². The van der Waals surface area contributed by atoms with E-state index in [1.54, 1.807) is 11.8 Å². The first-order chi connectivity index (χ1) is 14.1. The van der Waals surface area contributed by atoms with Gasteiger partial charge in [-0.25, -0.2) is 0 Å². The zero-order chi connectivity index (χ0) is 20.2. The maximum absolute atomic E-state index is 12.6. The van der Waals surface area contributed by atoms with Crippen molar-refractivity contribution in [3.8, 4) is 0 Å². The van der Waals surface area contributed by atoms with Crippen molar-refractivity contribution in [1.29, 1.82) is 0 Å². The highest BCUT2D eigenvalue weighted by Crippen LogP contribution is 2.25. The first kappa shape index (κ1) is 19.1. The van der Waals surface area contributed by atoms with Crippen LogP contribution < -0.4 is 5.32 Å². The molecule has 0 spiro atoms. The third kappa shape index (κ3) is 4.45. The van der Waals surface area contributed by atoms with E-state index in [2.05, 4.69) is 15.5 Å². The Morgan fingerprint density at radius 1 is 1.21 bits per heavy atom. The lowest BCUT2D eigenvalue weighted by atomic mass is 9.98. The number of aromatic nitrogens is 2. The molecule has 7 heteroatoms. The standard InChI is InChI=1S/C22H24N4O3/c1-15-24-22(29-25-15)18-9-5-11-26(14-18)21(28)13-23-20(27)12-17-8-4-7-16-6-2-3-10-19(16)17/h2-4,6-8,10,18H,5,9,11-14H2,1H3,(H,23,27). The number of hydrogen-bond donors (Lipinski definition) is 1. The Morgan fingerprint density at radius 3 is 2.86 bits per heavy atom. The summed E-state index contributed by atoms with van der Waals surface area (Å²) >= 11 is 0. The number of carbonyl (C=O) groups is 2. The molecule has 29 heavy (non-hydrogen) atoms. The summed E-state index contributed by atoms with van der Waals surface area (Å²) in [5.74, 6) is 0.998. The normalized spacial score (nSPS) is 16.7. The summed E-state index contributed by atoms with van der Waals surface area (Å²) in [6.45, 7) is 3.00. The van der Waals surface area contributed by atoms with E-state index in [9.17, 15) is 9.59 Å². The monoisotopic (exact) mass is 392 g/mol. The van der Waals surface area contributed by atoms with Gasteiger partial charge in [-0.05, 0) is 36.1 Å². The van der Waals surface area contributed by atoms with E-state index in [0.29, 0.717) is 24.8 Å². The molecule has 0 radical (unpaired) electrons.